The number of urea groups is 1. The van der Waals surface area contributed by atoms with Gasteiger partial charge in [0, 0.05) is 31.0 Å². The van der Waals surface area contributed by atoms with Crippen LogP contribution in [0.4, 0.5) is 4.79 Å². The first kappa shape index (κ1) is 12.0. The molecule has 0 aromatic heterocycles. The second-order valence-corrected chi connectivity index (χ2v) is 6.15. The highest BCUT2D eigenvalue weighted by molar-refractivity contribution is 6.07. The van der Waals surface area contributed by atoms with Crippen LogP contribution in [-0.4, -0.2) is 41.5 Å². The fourth-order valence-corrected chi connectivity index (χ4v) is 3.99. The van der Waals surface area contributed by atoms with Crippen molar-refractivity contribution in [3.63, 3.8) is 0 Å². The summed E-state index contributed by atoms with van der Waals surface area (Å²) in [4.78, 5) is 26.2. The molecule has 0 radical (unpaired) electrons. The molecule has 3 aliphatic rings. The number of imide groups is 1. The summed E-state index contributed by atoms with van der Waals surface area (Å²) in [6.45, 7) is 6.23. The Morgan fingerprint density at radius 1 is 1.22 bits per heavy atom. The van der Waals surface area contributed by atoms with E-state index in [-0.39, 0.29) is 23.8 Å². The van der Waals surface area contributed by atoms with Crippen LogP contribution in [0.15, 0.2) is 0 Å². The molecule has 2 aliphatic heterocycles. The van der Waals surface area contributed by atoms with E-state index in [9.17, 15) is 9.59 Å². The van der Waals surface area contributed by atoms with Crippen molar-refractivity contribution in [1.29, 1.82) is 0 Å². The van der Waals surface area contributed by atoms with Crippen LogP contribution in [0.5, 0.6) is 0 Å². The van der Waals surface area contributed by atoms with Crippen LogP contribution in [0.25, 0.3) is 0 Å². The molecule has 2 N–H and O–H groups in total. The highest BCUT2D eigenvalue weighted by Gasteiger charge is 2.60. The largest absolute Gasteiger partial charge is 0.323 e. The zero-order valence-corrected chi connectivity index (χ0v) is 11.0. The quantitative estimate of drug-likeness (QED) is 0.675. The zero-order chi connectivity index (χ0) is 12.9. The van der Waals surface area contributed by atoms with Gasteiger partial charge in [-0.05, 0) is 26.7 Å². The number of hydrogen-bond donors (Lipinski definition) is 2. The molecule has 0 aromatic carbocycles. The Labute approximate surface area is 107 Å². The fourth-order valence-electron chi connectivity index (χ4n) is 3.99. The molecule has 1 saturated carbocycles. The predicted octanol–water partition coefficient (Wildman–Crippen LogP) is 0.705. The number of rotatable bonds is 1. The van der Waals surface area contributed by atoms with Gasteiger partial charge in [0.15, 0.2) is 0 Å². The van der Waals surface area contributed by atoms with Crippen LogP contribution in [0, 0.1) is 11.8 Å². The van der Waals surface area contributed by atoms with Gasteiger partial charge in [0.25, 0.3) is 5.91 Å². The molecule has 3 rings (SSSR count). The average Bonchev–Trinajstić information content (AvgIpc) is 2.53. The molecule has 1 spiro atoms. The SMILES string of the molecule is CC(C)N1C[C@H]2CCC[C@H](C1)C21NC(=O)NC1=O. The molecule has 2 bridgehead atoms. The van der Waals surface area contributed by atoms with Crippen molar-refractivity contribution < 1.29 is 9.59 Å². The summed E-state index contributed by atoms with van der Waals surface area (Å²) >= 11 is 0. The number of carbonyl (C=O) groups excluding carboxylic acids is 2. The summed E-state index contributed by atoms with van der Waals surface area (Å²) in [5, 5.41) is 5.40. The Balaban J connectivity index is 1.93. The molecule has 100 valence electrons. The molecule has 5 heteroatoms. The number of piperidine rings is 1. The lowest BCUT2D eigenvalue weighted by Crippen LogP contribution is -2.68. The molecular formula is C13H21N3O2. The van der Waals surface area contributed by atoms with E-state index in [1.54, 1.807) is 0 Å². The van der Waals surface area contributed by atoms with Gasteiger partial charge in [-0.2, -0.15) is 0 Å². The Kier molecular flexibility index (Phi) is 2.62. The topological polar surface area (TPSA) is 61.4 Å². The highest BCUT2D eigenvalue weighted by atomic mass is 16.2. The number of likely N-dealkylation sites (tertiary alicyclic amines) is 1. The molecule has 5 nitrogen and oxygen atoms in total. The van der Waals surface area contributed by atoms with E-state index in [2.05, 4.69) is 29.4 Å². The van der Waals surface area contributed by atoms with Gasteiger partial charge >= 0.3 is 6.03 Å². The van der Waals surface area contributed by atoms with Crippen LogP contribution in [0.2, 0.25) is 0 Å². The van der Waals surface area contributed by atoms with Crippen molar-refractivity contribution in [1.82, 2.24) is 15.5 Å². The van der Waals surface area contributed by atoms with Gasteiger partial charge in [-0.1, -0.05) is 6.42 Å². The van der Waals surface area contributed by atoms with Crippen molar-refractivity contribution in [3.8, 4) is 0 Å². The van der Waals surface area contributed by atoms with Crippen molar-refractivity contribution in [2.45, 2.75) is 44.7 Å². The maximum absolute atomic E-state index is 12.2. The predicted molar refractivity (Wildman–Crippen MR) is 66.9 cm³/mol. The molecule has 2 saturated heterocycles. The molecule has 0 aromatic rings. The first-order valence-electron chi connectivity index (χ1n) is 6.91. The lowest BCUT2D eigenvalue weighted by atomic mass is 9.63. The zero-order valence-electron chi connectivity index (χ0n) is 11.0. The van der Waals surface area contributed by atoms with Crippen LogP contribution in [0.3, 0.4) is 0 Å². The third-order valence-corrected chi connectivity index (χ3v) is 4.96. The fraction of sp³-hybridized carbons (Fsp3) is 0.846. The standard InChI is InChI=1S/C13H21N3O2/c1-8(2)16-6-9-4-3-5-10(7-16)13(9)11(17)14-12(18)15-13/h8-10H,3-7H2,1-2H3,(H2,14,15,17,18)/t9-,10-/m1/s1. The second-order valence-electron chi connectivity index (χ2n) is 6.15. The number of hydrogen-bond acceptors (Lipinski definition) is 3. The van der Waals surface area contributed by atoms with Gasteiger partial charge in [0.2, 0.25) is 0 Å². The van der Waals surface area contributed by atoms with Crippen LogP contribution < -0.4 is 10.6 Å². The second kappa shape index (κ2) is 3.95. The van der Waals surface area contributed by atoms with Crippen molar-refractivity contribution >= 4 is 11.9 Å². The van der Waals surface area contributed by atoms with E-state index in [1.807, 2.05) is 0 Å². The van der Waals surface area contributed by atoms with E-state index in [0.717, 1.165) is 25.9 Å². The van der Waals surface area contributed by atoms with Crippen LogP contribution in [0.1, 0.15) is 33.1 Å². The summed E-state index contributed by atoms with van der Waals surface area (Å²) in [5.41, 5.74) is -0.610. The number of nitrogens with zero attached hydrogens (tertiary/aromatic N) is 1. The van der Waals surface area contributed by atoms with E-state index < -0.39 is 5.54 Å². The summed E-state index contributed by atoms with van der Waals surface area (Å²) < 4.78 is 0. The van der Waals surface area contributed by atoms with E-state index in [0.29, 0.717) is 6.04 Å². The number of nitrogens with one attached hydrogen (secondary N) is 2. The Bertz CT molecular complexity index is 380. The van der Waals surface area contributed by atoms with Gasteiger partial charge in [0.1, 0.15) is 5.54 Å². The normalized spacial score (nSPS) is 40.2. The van der Waals surface area contributed by atoms with Crippen molar-refractivity contribution in [2.24, 2.45) is 11.8 Å². The third kappa shape index (κ3) is 1.49. The molecule has 2 heterocycles. The minimum Gasteiger partial charge on any atom is -0.323 e. The van der Waals surface area contributed by atoms with Gasteiger partial charge in [-0.15, -0.1) is 0 Å². The summed E-state index contributed by atoms with van der Waals surface area (Å²) in [5.74, 6) is 0.434. The van der Waals surface area contributed by atoms with E-state index in [4.69, 9.17) is 0 Å². The smallest absolute Gasteiger partial charge is 0.322 e. The van der Waals surface area contributed by atoms with Crippen LogP contribution in [-0.2, 0) is 4.79 Å². The molecule has 1 aliphatic carbocycles. The monoisotopic (exact) mass is 251 g/mol. The molecule has 0 unspecified atom stereocenters. The van der Waals surface area contributed by atoms with Crippen LogP contribution >= 0.6 is 0 Å². The molecule has 18 heavy (non-hydrogen) atoms. The molecule has 2 atom stereocenters. The maximum atomic E-state index is 12.2. The van der Waals surface area contributed by atoms with Gasteiger partial charge in [0.05, 0.1) is 0 Å². The lowest BCUT2D eigenvalue weighted by molar-refractivity contribution is -0.135. The summed E-state index contributed by atoms with van der Waals surface area (Å²) in [7, 11) is 0. The van der Waals surface area contributed by atoms with Gasteiger partial charge in [-0.3, -0.25) is 10.1 Å². The third-order valence-electron chi connectivity index (χ3n) is 4.96. The van der Waals surface area contributed by atoms with Gasteiger partial charge < -0.3 is 10.2 Å². The average molecular weight is 251 g/mol. The van der Waals surface area contributed by atoms with E-state index >= 15 is 0 Å². The lowest BCUT2D eigenvalue weighted by Gasteiger charge is -2.53. The number of carbonyl (C=O) groups is 2. The summed E-state index contributed by atoms with van der Waals surface area (Å²) in [6, 6.07) is 0.195. The highest BCUT2D eigenvalue weighted by Crippen LogP contribution is 2.44. The Hall–Kier alpha value is -1.10. The Morgan fingerprint density at radius 3 is 2.28 bits per heavy atom. The Morgan fingerprint density at radius 2 is 1.83 bits per heavy atom. The molecule has 3 amide bonds. The first-order chi connectivity index (χ1) is 8.54. The minimum absolute atomic E-state index is 0.0920. The summed E-state index contributed by atoms with van der Waals surface area (Å²) in [6.07, 6.45) is 3.24. The van der Waals surface area contributed by atoms with E-state index in [1.165, 1.54) is 6.42 Å². The minimum atomic E-state index is -0.610. The van der Waals surface area contributed by atoms with Crippen molar-refractivity contribution in [3.05, 3.63) is 0 Å². The van der Waals surface area contributed by atoms with Crippen molar-refractivity contribution in [2.75, 3.05) is 13.1 Å². The number of amides is 3. The molecular weight excluding hydrogens is 230 g/mol. The molecule has 3 fully saturated rings. The van der Waals surface area contributed by atoms with Gasteiger partial charge in [-0.25, -0.2) is 4.79 Å². The first-order valence-corrected chi connectivity index (χ1v) is 6.91. The maximum Gasteiger partial charge on any atom is 0.322 e.